The molecule has 1 aliphatic rings. The van der Waals surface area contributed by atoms with Crippen LogP contribution in [0, 0.1) is 11.6 Å². The molecule has 1 fully saturated rings. The largest absolute Gasteiger partial charge is 0.389 e. The average molecular weight is 557 g/mol. The number of rotatable bonds is 6. The van der Waals surface area contributed by atoms with Crippen LogP contribution in [-0.4, -0.2) is 34.5 Å². The van der Waals surface area contributed by atoms with Crippen LogP contribution in [0.3, 0.4) is 0 Å². The number of H-pyrrole nitrogens is 1. The van der Waals surface area contributed by atoms with Crippen molar-refractivity contribution in [2.45, 2.75) is 49.1 Å². The van der Waals surface area contributed by atoms with E-state index in [4.69, 9.17) is 11.6 Å². The van der Waals surface area contributed by atoms with Gasteiger partial charge in [0.1, 0.15) is 11.6 Å². The third kappa shape index (κ3) is 5.81. The third-order valence-electron chi connectivity index (χ3n) is 7.18. The molecule has 4 nitrogen and oxygen atoms in total. The maximum Gasteiger partial charge on any atom is 0.252 e. The minimum Gasteiger partial charge on any atom is -0.389 e. The number of hydrogen-bond donors (Lipinski definition) is 3. The number of pyridine rings is 1. The van der Waals surface area contributed by atoms with E-state index in [-0.39, 0.29) is 31.9 Å². The molecule has 0 amide bonds. The van der Waals surface area contributed by atoms with Gasteiger partial charge >= 0.3 is 0 Å². The van der Waals surface area contributed by atoms with E-state index in [1.165, 1.54) is 12.1 Å². The second kappa shape index (κ2) is 11.6. The topological polar surface area (TPSA) is 65.1 Å². The lowest BCUT2D eigenvalue weighted by Crippen LogP contribution is -2.52. The highest BCUT2D eigenvalue weighted by atomic mass is 35.5. The quantitative estimate of drug-likeness (QED) is 0.232. The van der Waals surface area contributed by atoms with Gasteiger partial charge < -0.3 is 15.4 Å². The first kappa shape index (κ1) is 28.3. The Kier molecular flexibility index (Phi) is 8.62. The monoisotopic (exact) mass is 556 g/mol. The fourth-order valence-electron chi connectivity index (χ4n) is 5.46. The van der Waals surface area contributed by atoms with E-state index >= 15 is 0 Å². The Balaban J connectivity index is 0.00000336. The van der Waals surface area contributed by atoms with Gasteiger partial charge in [0.25, 0.3) is 5.56 Å². The van der Waals surface area contributed by atoms with Crippen LogP contribution < -0.4 is 10.9 Å². The molecule has 0 aliphatic carbocycles. The number of nitrogens with one attached hydrogen (secondary N) is 2. The zero-order valence-electron chi connectivity index (χ0n) is 20.2. The maximum atomic E-state index is 14.4. The van der Waals surface area contributed by atoms with Crippen LogP contribution in [0.4, 0.5) is 8.78 Å². The highest BCUT2D eigenvalue weighted by molar-refractivity contribution is 7.98. The summed E-state index contributed by atoms with van der Waals surface area (Å²) in [7, 11) is 0. The van der Waals surface area contributed by atoms with E-state index < -0.39 is 23.2 Å². The van der Waals surface area contributed by atoms with Gasteiger partial charge in [0.05, 0.1) is 5.60 Å². The normalized spacial score (nSPS) is 20.2. The molecule has 0 bridgehead atoms. The number of thioether (sulfide) groups is 1. The molecule has 3 aromatic carbocycles. The summed E-state index contributed by atoms with van der Waals surface area (Å²) >= 11 is 7.96. The van der Waals surface area contributed by atoms with Crippen LogP contribution in [0.15, 0.2) is 76.4 Å². The summed E-state index contributed by atoms with van der Waals surface area (Å²) in [6, 6.07) is 18.2. The van der Waals surface area contributed by atoms with Crippen molar-refractivity contribution in [2.24, 2.45) is 0 Å². The Morgan fingerprint density at radius 1 is 1.13 bits per heavy atom. The highest BCUT2D eigenvalue weighted by Crippen LogP contribution is 2.42. The zero-order chi connectivity index (χ0) is 26.2. The van der Waals surface area contributed by atoms with Gasteiger partial charge in [0.2, 0.25) is 0 Å². The lowest BCUT2D eigenvalue weighted by molar-refractivity contribution is -0.0189. The Bertz CT molecular complexity index is 1510. The van der Waals surface area contributed by atoms with Crippen LogP contribution in [0.1, 0.15) is 42.9 Å². The standard InChI is InChI=1S/C29H27ClF2N2O2S.CH4/c1-37-23-7-8-26-19(13-23)14-24(28(35)34-26)27(18-3-2-4-20(30)11-18)29(36)9-10-33-22(16-29)12-17-5-6-21(31)15-25(17)32;/h2-8,11,13-15,22,27,33,36H,9-10,12,16H2,1H3,(H,34,35);1H4. The Labute approximate surface area is 230 Å². The second-order valence-corrected chi connectivity index (χ2v) is 11.0. The molecule has 1 aromatic heterocycles. The minimum absolute atomic E-state index is 0. The van der Waals surface area contributed by atoms with E-state index in [9.17, 15) is 18.7 Å². The average Bonchev–Trinajstić information content (AvgIpc) is 2.86. The summed E-state index contributed by atoms with van der Waals surface area (Å²) in [6.07, 6.45) is 2.92. The van der Waals surface area contributed by atoms with Crippen molar-refractivity contribution in [1.29, 1.82) is 0 Å². The Morgan fingerprint density at radius 2 is 1.95 bits per heavy atom. The molecule has 200 valence electrons. The molecule has 1 aliphatic heterocycles. The number of aromatic nitrogens is 1. The maximum absolute atomic E-state index is 14.4. The Hall–Kier alpha value is -2.71. The van der Waals surface area contributed by atoms with Gasteiger partial charge in [-0.15, -0.1) is 11.8 Å². The number of benzene rings is 3. The van der Waals surface area contributed by atoms with Crippen LogP contribution in [-0.2, 0) is 6.42 Å². The Morgan fingerprint density at radius 3 is 2.68 bits per heavy atom. The fraction of sp³-hybridized carbons (Fsp3) is 0.300. The lowest BCUT2D eigenvalue weighted by Gasteiger charge is -2.43. The number of aromatic amines is 1. The molecule has 3 unspecified atom stereocenters. The van der Waals surface area contributed by atoms with Crippen molar-refractivity contribution in [1.82, 2.24) is 10.3 Å². The van der Waals surface area contributed by atoms with Crippen LogP contribution in [0.25, 0.3) is 10.9 Å². The van der Waals surface area contributed by atoms with Gasteiger partial charge in [-0.05, 0) is 91.0 Å². The third-order valence-corrected chi connectivity index (χ3v) is 8.14. The van der Waals surface area contributed by atoms with Gasteiger partial charge in [0.15, 0.2) is 0 Å². The second-order valence-electron chi connectivity index (χ2n) is 9.64. The summed E-state index contributed by atoms with van der Waals surface area (Å²) < 4.78 is 27.8. The number of piperidine rings is 1. The molecule has 4 aromatic rings. The van der Waals surface area contributed by atoms with E-state index in [1.54, 1.807) is 23.9 Å². The van der Waals surface area contributed by atoms with Gasteiger partial charge in [-0.3, -0.25) is 4.79 Å². The summed E-state index contributed by atoms with van der Waals surface area (Å²) in [5.41, 5.74) is 0.685. The first-order valence-corrected chi connectivity index (χ1v) is 13.7. The highest BCUT2D eigenvalue weighted by Gasteiger charge is 2.44. The van der Waals surface area contributed by atoms with Gasteiger partial charge in [-0.25, -0.2) is 8.78 Å². The molecule has 8 heteroatoms. The molecule has 0 saturated carbocycles. The van der Waals surface area contributed by atoms with Crippen molar-refractivity contribution in [3.8, 4) is 0 Å². The van der Waals surface area contributed by atoms with Crippen LogP contribution in [0.5, 0.6) is 0 Å². The SMILES string of the molecule is C.CSc1ccc2[nH]c(=O)c(C(c3cccc(Cl)c3)C3(O)CCNC(Cc4ccc(F)cc4F)C3)cc2c1. The number of halogens is 3. The molecule has 0 spiro atoms. The van der Waals surface area contributed by atoms with Crippen molar-refractivity contribution in [2.75, 3.05) is 12.8 Å². The predicted molar refractivity (Wildman–Crippen MR) is 152 cm³/mol. The van der Waals surface area contributed by atoms with E-state index in [1.807, 2.05) is 42.7 Å². The number of aliphatic hydroxyl groups is 1. The fourth-order valence-corrected chi connectivity index (χ4v) is 6.11. The van der Waals surface area contributed by atoms with E-state index in [2.05, 4.69) is 10.3 Å². The summed E-state index contributed by atoms with van der Waals surface area (Å²) in [5.74, 6) is -1.91. The molecule has 3 N–H and O–H groups in total. The molecule has 38 heavy (non-hydrogen) atoms. The first-order valence-electron chi connectivity index (χ1n) is 12.1. The van der Waals surface area contributed by atoms with Gasteiger partial charge in [0, 0.05) is 39.0 Å². The smallest absolute Gasteiger partial charge is 0.252 e. The first-order chi connectivity index (χ1) is 17.8. The summed E-state index contributed by atoms with van der Waals surface area (Å²) in [6.45, 7) is 0.475. The number of fused-ring (bicyclic) bond motifs is 1. The van der Waals surface area contributed by atoms with Crippen LogP contribution in [0.2, 0.25) is 5.02 Å². The van der Waals surface area contributed by atoms with E-state index in [0.29, 0.717) is 29.1 Å². The molecule has 0 radical (unpaired) electrons. The van der Waals surface area contributed by atoms with Crippen molar-refractivity contribution >= 4 is 34.3 Å². The van der Waals surface area contributed by atoms with Gasteiger partial charge in [-0.1, -0.05) is 37.2 Å². The van der Waals surface area contributed by atoms with Crippen molar-refractivity contribution < 1.29 is 13.9 Å². The molecule has 1 saturated heterocycles. The molecular formula is C30H31ClF2N2O2S. The van der Waals surface area contributed by atoms with Crippen molar-refractivity contribution in [3.05, 3.63) is 110 Å². The molecule has 5 rings (SSSR count). The van der Waals surface area contributed by atoms with Crippen LogP contribution >= 0.6 is 23.4 Å². The molecular weight excluding hydrogens is 526 g/mol. The lowest BCUT2D eigenvalue weighted by atomic mass is 9.70. The van der Waals surface area contributed by atoms with E-state index in [0.717, 1.165) is 27.4 Å². The molecule has 3 atom stereocenters. The summed E-state index contributed by atoms with van der Waals surface area (Å²) in [5, 5.41) is 16.9. The zero-order valence-corrected chi connectivity index (χ0v) is 21.8. The predicted octanol–water partition coefficient (Wildman–Crippen LogP) is 6.68. The number of hydrogen-bond acceptors (Lipinski definition) is 4. The minimum atomic E-state index is -1.31. The molecule has 2 heterocycles. The summed E-state index contributed by atoms with van der Waals surface area (Å²) in [4.78, 5) is 17.5. The van der Waals surface area contributed by atoms with Gasteiger partial charge in [-0.2, -0.15) is 0 Å². The van der Waals surface area contributed by atoms with Crippen molar-refractivity contribution in [3.63, 3.8) is 0 Å².